The molecule has 4 rings (SSSR count). The number of carbonyl (C=O) groups excluding carboxylic acids is 1. The lowest BCUT2D eigenvalue weighted by Crippen LogP contribution is -2.46. The van der Waals surface area contributed by atoms with E-state index >= 15 is 0 Å². The molecule has 2 aliphatic rings. The number of halogens is 1. The lowest BCUT2D eigenvalue weighted by atomic mass is 10.2. The van der Waals surface area contributed by atoms with Crippen molar-refractivity contribution in [2.75, 3.05) is 22.9 Å². The third-order valence-electron chi connectivity index (χ3n) is 4.46. The maximum Gasteiger partial charge on any atom is 0.262 e. The molecule has 2 atom stereocenters. The predicted molar refractivity (Wildman–Crippen MR) is 91.2 cm³/mol. The highest BCUT2D eigenvalue weighted by Gasteiger charge is 2.32. The van der Waals surface area contributed by atoms with E-state index in [4.69, 9.17) is 4.74 Å². The van der Waals surface area contributed by atoms with Gasteiger partial charge in [-0.25, -0.2) is 14.4 Å². The van der Waals surface area contributed by atoms with Gasteiger partial charge in [-0.1, -0.05) is 6.07 Å². The number of rotatable bonds is 2. The van der Waals surface area contributed by atoms with Gasteiger partial charge in [-0.15, -0.1) is 0 Å². The number of hydrogen-bond donors (Lipinski definition) is 0. The van der Waals surface area contributed by atoms with E-state index in [0.717, 1.165) is 0 Å². The topological polar surface area (TPSA) is 58.6 Å². The summed E-state index contributed by atoms with van der Waals surface area (Å²) in [7, 11) is 0. The molecule has 0 aliphatic carbocycles. The molecule has 7 heteroatoms. The predicted octanol–water partition coefficient (Wildman–Crippen LogP) is 2.39. The lowest BCUT2D eigenvalue weighted by Gasteiger charge is -2.35. The molecule has 0 unspecified atom stereocenters. The van der Waals surface area contributed by atoms with E-state index in [1.807, 2.05) is 13.8 Å². The summed E-state index contributed by atoms with van der Waals surface area (Å²) in [4.78, 5) is 25.2. The van der Waals surface area contributed by atoms with Crippen molar-refractivity contribution in [3.8, 4) is 0 Å². The molecular weight excluding hydrogens is 323 g/mol. The number of nitrogens with zero attached hydrogens (tertiary/aromatic N) is 4. The minimum Gasteiger partial charge on any atom is -0.372 e. The smallest absolute Gasteiger partial charge is 0.262 e. The summed E-state index contributed by atoms with van der Waals surface area (Å²) >= 11 is 0. The summed E-state index contributed by atoms with van der Waals surface area (Å²) in [6.45, 7) is 5.79. The number of amides is 1. The maximum atomic E-state index is 13.5. The van der Waals surface area contributed by atoms with Gasteiger partial charge in [0.25, 0.3) is 5.91 Å². The molecule has 25 heavy (non-hydrogen) atoms. The van der Waals surface area contributed by atoms with E-state index in [9.17, 15) is 9.18 Å². The zero-order valence-electron chi connectivity index (χ0n) is 14.1. The summed E-state index contributed by atoms with van der Waals surface area (Å²) in [5, 5.41) is 0. The summed E-state index contributed by atoms with van der Waals surface area (Å²) in [6, 6.07) is 6.01. The Balaban J connectivity index is 1.61. The quantitative estimate of drug-likeness (QED) is 0.839. The van der Waals surface area contributed by atoms with Crippen molar-refractivity contribution in [3.63, 3.8) is 0 Å². The average molecular weight is 342 g/mol. The van der Waals surface area contributed by atoms with E-state index in [0.29, 0.717) is 42.5 Å². The number of hydrogen-bond acceptors (Lipinski definition) is 5. The Kier molecular flexibility index (Phi) is 3.88. The van der Waals surface area contributed by atoms with Gasteiger partial charge >= 0.3 is 0 Å². The lowest BCUT2D eigenvalue weighted by molar-refractivity contribution is -0.00573. The van der Waals surface area contributed by atoms with Gasteiger partial charge in [0, 0.05) is 25.0 Å². The molecule has 0 saturated carbocycles. The highest BCUT2D eigenvalue weighted by molar-refractivity contribution is 6.09. The van der Waals surface area contributed by atoms with Gasteiger partial charge in [0.15, 0.2) is 0 Å². The minimum absolute atomic E-state index is 0.103. The van der Waals surface area contributed by atoms with Crippen LogP contribution in [-0.4, -0.2) is 41.2 Å². The number of anilines is 2. The van der Waals surface area contributed by atoms with E-state index in [1.165, 1.54) is 17.0 Å². The number of benzene rings is 1. The molecule has 0 N–H and O–H groups in total. The summed E-state index contributed by atoms with van der Waals surface area (Å²) in [5.74, 6) is 0.0369. The minimum atomic E-state index is -0.371. The maximum absolute atomic E-state index is 13.5. The summed E-state index contributed by atoms with van der Waals surface area (Å²) < 4.78 is 19.2. The van der Waals surface area contributed by atoms with E-state index in [-0.39, 0.29) is 23.9 Å². The molecule has 1 amide bonds. The van der Waals surface area contributed by atoms with Crippen LogP contribution in [-0.2, 0) is 11.3 Å². The zero-order chi connectivity index (χ0) is 17.6. The van der Waals surface area contributed by atoms with Gasteiger partial charge < -0.3 is 14.5 Å². The largest absolute Gasteiger partial charge is 0.372 e. The van der Waals surface area contributed by atoms with Gasteiger partial charge in [-0.2, -0.15) is 0 Å². The Morgan fingerprint density at radius 1 is 1.24 bits per heavy atom. The molecule has 3 heterocycles. The molecular formula is C18H19FN4O2. The Morgan fingerprint density at radius 2 is 2.00 bits per heavy atom. The molecule has 130 valence electrons. The van der Waals surface area contributed by atoms with Crippen molar-refractivity contribution >= 4 is 17.5 Å². The van der Waals surface area contributed by atoms with Crippen molar-refractivity contribution in [2.24, 2.45) is 0 Å². The van der Waals surface area contributed by atoms with E-state index < -0.39 is 0 Å². The Labute approximate surface area is 145 Å². The van der Waals surface area contributed by atoms with Crippen molar-refractivity contribution in [3.05, 3.63) is 47.5 Å². The number of aromatic nitrogens is 2. The molecule has 1 aromatic heterocycles. The second kappa shape index (κ2) is 6.07. The first-order valence-corrected chi connectivity index (χ1v) is 8.35. The summed E-state index contributed by atoms with van der Waals surface area (Å²) in [5.41, 5.74) is 1.67. The second-order valence-electron chi connectivity index (χ2n) is 6.56. The highest BCUT2D eigenvalue weighted by atomic mass is 19.1. The average Bonchev–Trinajstić information content (AvgIpc) is 2.90. The van der Waals surface area contributed by atoms with Gasteiger partial charge in [-0.3, -0.25) is 4.79 Å². The first-order chi connectivity index (χ1) is 12.0. The van der Waals surface area contributed by atoms with Crippen LogP contribution in [0.5, 0.6) is 0 Å². The van der Waals surface area contributed by atoms with Crippen LogP contribution in [0.25, 0.3) is 0 Å². The van der Waals surface area contributed by atoms with Crippen LogP contribution in [0, 0.1) is 5.82 Å². The Hall–Kier alpha value is -2.54. The van der Waals surface area contributed by atoms with Gasteiger partial charge in [0.1, 0.15) is 5.82 Å². The van der Waals surface area contributed by atoms with Crippen LogP contribution in [0.4, 0.5) is 16.0 Å². The van der Waals surface area contributed by atoms with Gasteiger partial charge in [0.05, 0.1) is 30.0 Å². The van der Waals surface area contributed by atoms with Crippen LogP contribution in [0.3, 0.4) is 0 Å². The number of fused-ring (bicyclic) bond motifs is 1. The van der Waals surface area contributed by atoms with Crippen LogP contribution in [0.1, 0.15) is 29.9 Å². The summed E-state index contributed by atoms with van der Waals surface area (Å²) in [6.07, 6.45) is 1.78. The molecule has 0 spiro atoms. The fraction of sp³-hybridized carbons (Fsp3) is 0.389. The van der Waals surface area contributed by atoms with E-state index in [1.54, 1.807) is 18.3 Å². The van der Waals surface area contributed by atoms with Crippen LogP contribution >= 0.6 is 0 Å². The Bertz CT molecular complexity index is 818. The molecule has 0 bridgehead atoms. The van der Waals surface area contributed by atoms with Crippen LogP contribution in [0.15, 0.2) is 30.5 Å². The van der Waals surface area contributed by atoms with Crippen LogP contribution < -0.4 is 9.80 Å². The first kappa shape index (κ1) is 16.0. The highest BCUT2D eigenvalue weighted by Crippen LogP contribution is 2.28. The van der Waals surface area contributed by atoms with Crippen molar-refractivity contribution in [1.29, 1.82) is 0 Å². The Morgan fingerprint density at radius 3 is 2.72 bits per heavy atom. The van der Waals surface area contributed by atoms with Crippen LogP contribution in [0.2, 0.25) is 0 Å². The van der Waals surface area contributed by atoms with Gasteiger partial charge in [-0.05, 0) is 32.0 Å². The van der Waals surface area contributed by atoms with Crippen molar-refractivity contribution in [2.45, 2.75) is 32.6 Å². The molecule has 1 fully saturated rings. The molecule has 6 nitrogen and oxygen atoms in total. The van der Waals surface area contributed by atoms with Crippen molar-refractivity contribution < 1.29 is 13.9 Å². The normalized spacial score (nSPS) is 23.1. The number of morpholine rings is 1. The van der Waals surface area contributed by atoms with Gasteiger partial charge in [0.2, 0.25) is 5.95 Å². The SMILES string of the molecule is C[C@@H]1CN(c2ncc3c(n2)CN(c2cccc(F)c2)C3=O)C[C@H](C)O1. The molecule has 0 radical (unpaired) electrons. The number of ether oxygens (including phenoxy) is 1. The first-order valence-electron chi connectivity index (χ1n) is 8.35. The monoisotopic (exact) mass is 342 g/mol. The fourth-order valence-electron chi connectivity index (χ4n) is 3.42. The standard InChI is InChI=1S/C18H19FN4O2/c1-11-8-22(9-12(2)25-11)18-20-7-15-16(21-18)10-23(17(15)24)14-5-3-4-13(19)6-14/h3-7,11-12H,8-10H2,1-2H3/t11-,12+. The fourth-order valence-corrected chi connectivity index (χ4v) is 3.42. The number of carbonyl (C=O) groups is 1. The molecule has 2 aromatic rings. The molecule has 2 aliphatic heterocycles. The second-order valence-corrected chi connectivity index (χ2v) is 6.56. The molecule has 1 saturated heterocycles. The van der Waals surface area contributed by atoms with E-state index in [2.05, 4.69) is 14.9 Å². The van der Waals surface area contributed by atoms with Crippen molar-refractivity contribution in [1.82, 2.24) is 9.97 Å². The molecule has 1 aromatic carbocycles. The zero-order valence-corrected chi connectivity index (χ0v) is 14.1. The third kappa shape index (κ3) is 2.95. The third-order valence-corrected chi connectivity index (χ3v) is 4.46.